The normalized spacial score (nSPS) is 10.7. The van der Waals surface area contributed by atoms with Crippen LogP contribution < -0.4 is 10.1 Å². The third kappa shape index (κ3) is 5.03. The molecule has 0 fully saturated rings. The number of pyridine rings is 1. The van der Waals surface area contributed by atoms with Gasteiger partial charge in [0.2, 0.25) is 0 Å². The van der Waals surface area contributed by atoms with Crippen LogP contribution in [-0.2, 0) is 11.4 Å². The van der Waals surface area contributed by atoms with Crippen LogP contribution in [0.3, 0.4) is 0 Å². The van der Waals surface area contributed by atoms with Crippen LogP contribution in [0.1, 0.15) is 11.1 Å². The predicted octanol–water partition coefficient (Wildman–Crippen LogP) is 4.21. The van der Waals surface area contributed by atoms with Crippen LogP contribution in [0.15, 0.2) is 84.6 Å². The zero-order valence-electron chi connectivity index (χ0n) is 14.5. The zero-order chi connectivity index (χ0) is 18.9. The second kappa shape index (κ2) is 8.97. The number of nitriles is 1. The van der Waals surface area contributed by atoms with Crippen LogP contribution in [0.2, 0.25) is 0 Å². The van der Waals surface area contributed by atoms with Gasteiger partial charge < -0.3 is 10.1 Å². The highest BCUT2D eigenvalue weighted by atomic mass is 16.5. The SMILES string of the molecule is N#C/C(=C\c1ccccc1OCc1ccccc1)C(=O)Nc1ccccn1. The van der Waals surface area contributed by atoms with E-state index >= 15 is 0 Å². The second-order valence-corrected chi connectivity index (χ2v) is 5.65. The van der Waals surface area contributed by atoms with Gasteiger partial charge in [0.1, 0.15) is 29.8 Å². The summed E-state index contributed by atoms with van der Waals surface area (Å²) in [6.45, 7) is 0.397. The van der Waals surface area contributed by atoms with E-state index in [0.717, 1.165) is 5.56 Å². The van der Waals surface area contributed by atoms with Crippen molar-refractivity contribution in [3.8, 4) is 11.8 Å². The first kappa shape index (κ1) is 17.9. The summed E-state index contributed by atoms with van der Waals surface area (Å²) < 4.78 is 5.87. The highest BCUT2D eigenvalue weighted by Gasteiger charge is 2.11. The molecule has 0 aliphatic heterocycles. The molecule has 0 atom stereocenters. The number of hydrogen-bond acceptors (Lipinski definition) is 4. The molecule has 1 aromatic heterocycles. The molecule has 0 saturated carbocycles. The highest BCUT2D eigenvalue weighted by Crippen LogP contribution is 2.22. The molecule has 132 valence electrons. The first-order valence-corrected chi connectivity index (χ1v) is 8.36. The van der Waals surface area contributed by atoms with E-state index in [1.54, 1.807) is 36.5 Å². The van der Waals surface area contributed by atoms with E-state index in [9.17, 15) is 10.1 Å². The van der Waals surface area contributed by atoms with Gasteiger partial charge in [0, 0.05) is 11.8 Å². The van der Waals surface area contributed by atoms with Crippen LogP contribution in [0.25, 0.3) is 6.08 Å². The number of para-hydroxylation sites is 1. The molecule has 1 amide bonds. The lowest BCUT2D eigenvalue weighted by atomic mass is 10.1. The average Bonchev–Trinajstić information content (AvgIpc) is 2.72. The molecule has 1 heterocycles. The smallest absolute Gasteiger partial charge is 0.267 e. The van der Waals surface area contributed by atoms with E-state index in [0.29, 0.717) is 23.7 Å². The Morgan fingerprint density at radius 1 is 1.04 bits per heavy atom. The lowest BCUT2D eigenvalue weighted by molar-refractivity contribution is -0.112. The number of hydrogen-bond donors (Lipinski definition) is 1. The maximum Gasteiger partial charge on any atom is 0.267 e. The van der Waals surface area contributed by atoms with E-state index in [2.05, 4.69) is 10.3 Å². The molecule has 27 heavy (non-hydrogen) atoms. The van der Waals surface area contributed by atoms with Crippen molar-refractivity contribution in [2.45, 2.75) is 6.61 Å². The molecule has 5 nitrogen and oxygen atoms in total. The Balaban J connectivity index is 1.78. The molecule has 3 aromatic rings. The summed E-state index contributed by atoms with van der Waals surface area (Å²) in [4.78, 5) is 16.4. The van der Waals surface area contributed by atoms with Crippen LogP contribution >= 0.6 is 0 Å². The van der Waals surface area contributed by atoms with Crippen LogP contribution in [0.4, 0.5) is 5.82 Å². The molecule has 3 rings (SSSR count). The summed E-state index contributed by atoms with van der Waals surface area (Å²) in [6, 6.07) is 24.1. The standard InChI is InChI=1S/C22H17N3O2/c23-15-19(22(26)25-21-12-6-7-13-24-21)14-18-10-4-5-11-20(18)27-16-17-8-2-1-3-9-17/h1-14H,16H2,(H,24,25,26)/b19-14+. The number of nitrogens with zero attached hydrogens (tertiary/aromatic N) is 2. The van der Waals surface area contributed by atoms with Gasteiger partial charge in [-0.3, -0.25) is 4.79 Å². The van der Waals surface area contributed by atoms with Crippen molar-refractivity contribution < 1.29 is 9.53 Å². The van der Waals surface area contributed by atoms with E-state index in [4.69, 9.17) is 4.74 Å². The van der Waals surface area contributed by atoms with E-state index in [1.165, 1.54) is 6.08 Å². The number of rotatable bonds is 6. The Kier molecular flexibility index (Phi) is 5.95. The lowest BCUT2D eigenvalue weighted by Gasteiger charge is -2.10. The van der Waals surface area contributed by atoms with Crippen molar-refractivity contribution in [3.05, 3.63) is 95.7 Å². The molecule has 0 unspecified atom stereocenters. The average molecular weight is 355 g/mol. The molecule has 0 bridgehead atoms. The molecule has 5 heteroatoms. The summed E-state index contributed by atoms with van der Waals surface area (Å²) in [5.74, 6) is 0.464. The number of nitrogens with one attached hydrogen (secondary N) is 1. The predicted molar refractivity (Wildman–Crippen MR) is 104 cm³/mol. The van der Waals surface area contributed by atoms with Gasteiger partial charge in [0.05, 0.1) is 0 Å². The second-order valence-electron chi connectivity index (χ2n) is 5.65. The number of anilines is 1. The third-order valence-corrected chi connectivity index (χ3v) is 3.73. The Morgan fingerprint density at radius 3 is 2.52 bits per heavy atom. The summed E-state index contributed by atoms with van der Waals surface area (Å²) in [7, 11) is 0. The quantitative estimate of drug-likeness (QED) is 0.531. The van der Waals surface area contributed by atoms with E-state index < -0.39 is 5.91 Å². The van der Waals surface area contributed by atoms with Gasteiger partial charge in [-0.1, -0.05) is 54.6 Å². The number of benzene rings is 2. The monoisotopic (exact) mass is 355 g/mol. The van der Waals surface area contributed by atoms with E-state index in [1.807, 2.05) is 48.5 Å². The van der Waals surface area contributed by atoms with Crippen LogP contribution in [-0.4, -0.2) is 10.9 Å². The minimum Gasteiger partial charge on any atom is -0.488 e. The van der Waals surface area contributed by atoms with Crippen LogP contribution in [0, 0.1) is 11.3 Å². The largest absolute Gasteiger partial charge is 0.488 e. The summed E-state index contributed by atoms with van der Waals surface area (Å²) in [5.41, 5.74) is 1.65. The number of carbonyl (C=O) groups is 1. The van der Waals surface area contributed by atoms with Gasteiger partial charge >= 0.3 is 0 Å². The molecule has 2 aromatic carbocycles. The number of aromatic nitrogens is 1. The van der Waals surface area contributed by atoms with Crippen molar-refractivity contribution >= 4 is 17.8 Å². The first-order valence-electron chi connectivity index (χ1n) is 8.36. The van der Waals surface area contributed by atoms with Gasteiger partial charge in [-0.25, -0.2) is 4.98 Å². The van der Waals surface area contributed by atoms with Gasteiger partial charge in [0.25, 0.3) is 5.91 Å². The molecule has 0 saturated heterocycles. The zero-order valence-corrected chi connectivity index (χ0v) is 14.5. The Bertz CT molecular complexity index is 977. The van der Waals surface area contributed by atoms with E-state index in [-0.39, 0.29) is 5.57 Å². The topological polar surface area (TPSA) is 75.0 Å². The maximum absolute atomic E-state index is 12.4. The molecule has 0 radical (unpaired) electrons. The summed E-state index contributed by atoms with van der Waals surface area (Å²) in [6.07, 6.45) is 3.08. The molecular formula is C22H17N3O2. The molecule has 0 spiro atoms. The summed E-state index contributed by atoms with van der Waals surface area (Å²) in [5, 5.41) is 12.0. The summed E-state index contributed by atoms with van der Waals surface area (Å²) >= 11 is 0. The highest BCUT2D eigenvalue weighted by molar-refractivity contribution is 6.09. The number of amides is 1. The Hall–Kier alpha value is -3.91. The van der Waals surface area contributed by atoms with Gasteiger partial charge in [-0.05, 0) is 29.8 Å². The van der Waals surface area contributed by atoms with Crippen molar-refractivity contribution in [3.63, 3.8) is 0 Å². The van der Waals surface area contributed by atoms with Gasteiger partial charge in [-0.15, -0.1) is 0 Å². The third-order valence-electron chi connectivity index (χ3n) is 3.73. The minimum absolute atomic E-state index is 0.0311. The maximum atomic E-state index is 12.4. The Labute approximate surface area is 157 Å². The van der Waals surface area contributed by atoms with Gasteiger partial charge in [-0.2, -0.15) is 5.26 Å². The van der Waals surface area contributed by atoms with Crippen molar-refractivity contribution in [1.29, 1.82) is 5.26 Å². The van der Waals surface area contributed by atoms with Crippen molar-refractivity contribution in [2.75, 3.05) is 5.32 Å². The lowest BCUT2D eigenvalue weighted by Crippen LogP contribution is -2.14. The fourth-order valence-corrected chi connectivity index (χ4v) is 2.39. The fourth-order valence-electron chi connectivity index (χ4n) is 2.39. The van der Waals surface area contributed by atoms with Crippen LogP contribution in [0.5, 0.6) is 5.75 Å². The fraction of sp³-hybridized carbons (Fsp3) is 0.0455. The first-order chi connectivity index (χ1) is 13.3. The van der Waals surface area contributed by atoms with Crippen molar-refractivity contribution in [2.24, 2.45) is 0 Å². The number of ether oxygens (including phenoxy) is 1. The molecule has 1 N–H and O–H groups in total. The molecule has 0 aliphatic rings. The molecule has 0 aliphatic carbocycles. The van der Waals surface area contributed by atoms with Gasteiger partial charge in [0.15, 0.2) is 0 Å². The Morgan fingerprint density at radius 2 is 1.78 bits per heavy atom. The van der Waals surface area contributed by atoms with Crippen molar-refractivity contribution in [1.82, 2.24) is 4.98 Å². The number of carbonyl (C=O) groups excluding carboxylic acids is 1. The molecular weight excluding hydrogens is 338 g/mol. The minimum atomic E-state index is -0.519.